The van der Waals surface area contributed by atoms with Crippen LogP contribution in [0.4, 0.5) is 0 Å². The average Bonchev–Trinajstić information content (AvgIpc) is 2.04. The molecule has 2 nitrogen and oxygen atoms in total. The van der Waals surface area contributed by atoms with E-state index in [1.807, 2.05) is 30.3 Å². The van der Waals surface area contributed by atoms with Gasteiger partial charge in [0.15, 0.2) is 9.84 Å². The van der Waals surface area contributed by atoms with Crippen LogP contribution in [0.2, 0.25) is 0 Å². The van der Waals surface area contributed by atoms with Gasteiger partial charge in [0.1, 0.15) is 4.71 Å². The molecule has 0 saturated carbocycles. The molecule has 13 heavy (non-hydrogen) atoms. The lowest BCUT2D eigenvalue weighted by Gasteiger charge is -2.06. The molecule has 0 bridgehead atoms. The molecule has 0 aromatic heterocycles. The third-order valence-electron chi connectivity index (χ3n) is 1.70. The lowest BCUT2D eigenvalue weighted by Crippen LogP contribution is -2.15. The van der Waals surface area contributed by atoms with Crippen LogP contribution in [0.25, 0.3) is 0 Å². The first-order valence-electron chi connectivity index (χ1n) is 3.87. The van der Waals surface area contributed by atoms with E-state index in [-0.39, 0.29) is 0 Å². The van der Waals surface area contributed by atoms with Gasteiger partial charge in [0.05, 0.1) is 0 Å². The van der Waals surface area contributed by atoms with E-state index >= 15 is 0 Å². The largest absolute Gasteiger partial charge is 0.228 e. The van der Waals surface area contributed by atoms with Crippen LogP contribution in [0.5, 0.6) is 0 Å². The molecule has 0 spiro atoms. The van der Waals surface area contributed by atoms with Crippen molar-refractivity contribution in [3.8, 4) is 0 Å². The fraction of sp³-hybridized carbons (Fsp3) is 0.333. The maximum atomic E-state index is 11.0. The van der Waals surface area contributed by atoms with Crippen LogP contribution in [-0.4, -0.2) is 19.4 Å². The van der Waals surface area contributed by atoms with E-state index in [2.05, 4.69) is 0 Å². The molecule has 1 aromatic rings. The summed E-state index contributed by atoms with van der Waals surface area (Å²) in [5.41, 5.74) is 0.938. The second-order valence-corrected chi connectivity index (χ2v) is 5.94. The summed E-state index contributed by atoms with van der Waals surface area (Å²) in [4.78, 5) is 0. The molecule has 0 saturated heterocycles. The van der Waals surface area contributed by atoms with Gasteiger partial charge in [-0.05, 0) is 5.56 Å². The molecular weight excluding hydrogens is 208 g/mol. The number of hydrogen-bond donors (Lipinski definition) is 0. The zero-order valence-electron chi connectivity index (χ0n) is 7.27. The predicted molar refractivity (Wildman–Crippen MR) is 54.6 cm³/mol. The summed E-state index contributed by atoms with van der Waals surface area (Å²) < 4.78 is 21.2. The van der Waals surface area contributed by atoms with Crippen LogP contribution in [0.1, 0.15) is 5.56 Å². The van der Waals surface area contributed by atoms with E-state index in [0.717, 1.165) is 11.8 Å². The molecule has 0 heterocycles. The van der Waals surface area contributed by atoms with Crippen molar-refractivity contribution in [3.05, 3.63) is 35.9 Å². The Balaban J connectivity index is 2.72. The molecule has 0 fully saturated rings. The molecule has 0 aliphatic rings. The molecule has 1 atom stereocenters. The summed E-state index contributed by atoms with van der Waals surface area (Å²) in [6, 6.07) is 9.33. The maximum absolute atomic E-state index is 11.0. The Morgan fingerprint density at radius 2 is 1.85 bits per heavy atom. The Hall–Kier alpha value is -0.540. The van der Waals surface area contributed by atoms with Crippen molar-refractivity contribution >= 4 is 21.4 Å². The Bertz CT molecular complexity index is 358. The smallest absolute Gasteiger partial charge is 0.164 e. The van der Waals surface area contributed by atoms with Gasteiger partial charge >= 0.3 is 0 Å². The third-order valence-corrected chi connectivity index (χ3v) is 3.92. The summed E-state index contributed by atoms with van der Waals surface area (Å²) in [5.74, 6) is 0. The molecule has 0 aliphatic heterocycles. The first kappa shape index (κ1) is 10.5. The van der Waals surface area contributed by atoms with Crippen molar-refractivity contribution in [3.63, 3.8) is 0 Å². The molecule has 0 amide bonds. The summed E-state index contributed by atoms with van der Waals surface area (Å²) in [6.07, 6.45) is 1.51. The van der Waals surface area contributed by atoms with Crippen molar-refractivity contribution in [1.82, 2.24) is 0 Å². The summed E-state index contributed by atoms with van der Waals surface area (Å²) in [5, 5.41) is 0. The Morgan fingerprint density at radius 3 is 2.31 bits per heavy atom. The van der Waals surface area contributed by atoms with Gasteiger partial charge in [0, 0.05) is 12.7 Å². The van der Waals surface area contributed by atoms with Crippen LogP contribution >= 0.6 is 11.6 Å². The highest BCUT2D eigenvalue weighted by atomic mass is 35.5. The van der Waals surface area contributed by atoms with Gasteiger partial charge in [-0.2, -0.15) is 0 Å². The van der Waals surface area contributed by atoms with Crippen LogP contribution in [0.15, 0.2) is 30.3 Å². The van der Waals surface area contributed by atoms with Gasteiger partial charge in [-0.3, -0.25) is 0 Å². The van der Waals surface area contributed by atoms with E-state index in [4.69, 9.17) is 11.6 Å². The quantitative estimate of drug-likeness (QED) is 0.726. The van der Waals surface area contributed by atoms with Crippen molar-refractivity contribution in [2.75, 3.05) is 6.26 Å². The van der Waals surface area contributed by atoms with Crippen molar-refractivity contribution < 1.29 is 8.42 Å². The van der Waals surface area contributed by atoms with Crippen LogP contribution in [0, 0.1) is 0 Å². The summed E-state index contributed by atoms with van der Waals surface area (Å²) >= 11 is 5.70. The number of alkyl halides is 1. The van der Waals surface area contributed by atoms with E-state index in [0.29, 0.717) is 6.42 Å². The molecule has 4 heteroatoms. The normalized spacial score (nSPS) is 14.0. The Labute approximate surface area is 83.5 Å². The van der Waals surface area contributed by atoms with E-state index < -0.39 is 14.5 Å². The van der Waals surface area contributed by atoms with Crippen LogP contribution in [0.3, 0.4) is 0 Å². The Morgan fingerprint density at radius 1 is 1.31 bits per heavy atom. The van der Waals surface area contributed by atoms with Gasteiger partial charge in [0.2, 0.25) is 0 Å². The lowest BCUT2D eigenvalue weighted by molar-refractivity contribution is 0.597. The standard InChI is InChI=1S/C9H11ClO2S/c1-13(11,12)9(10)7-8-5-3-2-4-6-8/h2-6,9H,7H2,1H3. The number of rotatable bonds is 3. The van der Waals surface area contributed by atoms with Crippen molar-refractivity contribution in [2.45, 2.75) is 11.1 Å². The lowest BCUT2D eigenvalue weighted by atomic mass is 10.2. The minimum absolute atomic E-state index is 0.362. The molecule has 1 aromatic carbocycles. The minimum atomic E-state index is -3.14. The van der Waals surface area contributed by atoms with Crippen LogP contribution in [-0.2, 0) is 16.3 Å². The Kier molecular flexibility index (Phi) is 3.33. The van der Waals surface area contributed by atoms with E-state index in [1.165, 1.54) is 0 Å². The monoisotopic (exact) mass is 218 g/mol. The molecule has 0 aliphatic carbocycles. The van der Waals surface area contributed by atoms with Gasteiger partial charge in [-0.15, -0.1) is 11.6 Å². The zero-order chi connectivity index (χ0) is 9.90. The highest BCUT2D eigenvalue weighted by Crippen LogP contribution is 2.12. The van der Waals surface area contributed by atoms with E-state index in [9.17, 15) is 8.42 Å². The first-order chi connectivity index (χ1) is 6.00. The molecule has 0 radical (unpaired) electrons. The average molecular weight is 219 g/mol. The van der Waals surface area contributed by atoms with E-state index in [1.54, 1.807) is 0 Å². The second kappa shape index (κ2) is 4.11. The van der Waals surface area contributed by atoms with Gasteiger partial charge in [0.25, 0.3) is 0 Å². The molecule has 1 rings (SSSR count). The number of hydrogen-bond acceptors (Lipinski definition) is 2. The highest BCUT2D eigenvalue weighted by molar-refractivity contribution is 7.92. The predicted octanol–water partition coefficient (Wildman–Crippen LogP) is 1.84. The maximum Gasteiger partial charge on any atom is 0.164 e. The van der Waals surface area contributed by atoms with Gasteiger partial charge in [-0.1, -0.05) is 30.3 Å². The second-order valence-electron chi connectivity index (χ2n) is 2.93. The zero-order valence-corrected chi connectivity index (χ0v) is 8.85. The highest BCUT2D eigenvalue weighted by Gasteiger charge is 2.17. The fourth-order valence-electron chi connectivity index (χ4n) is 0.951. The number of sulfone groups is 1. The number of halogens is 1. The molecule has 0 N–H and O–H groups in total. The van der Waals surface area contributed by atoms with Gasteiger partial charge in [-0.25, -0.2) is 8.42 Å². The topological polar surface area (TPSA) is 34.1 Å². The summed E-state index contributed by atoms with van der Waals surface area (Å²) in [6.45, 7) is 0. The van der Waals surface area contributed by atoms with Gasteiger partial charge < -0.3 is 0 Å². The molecule has 1 unspecified atom stereocenters. The minimum Gasteiger partial charge on any atom is -0.228 e. The number of benzene rings is 1. The summed E-state index contributed by atoms with van der Waals surface area (Å²) in [7, 11) is -3.14. The molecular formula is C9H11ClO2S. The first-order valence-corrected chi connectivity index (χ1v) is 6.26. The molecule has 72 valence electrons. The van der Waals surface area contributed by atoms with Crippen molar-refractivity contribution in [2.24, 2.45) is 0 Å². The van der Waals surface area contributed by atoms with Crippen LogP contribution < -0.4 is 0 Å². The SMILES string of the molecule is CS(=O)(=O)C(Cl)Cc1ccccc1. The third kappa shape index (κ3) is 3.36. The van der Waals surface area contributed by atoms with Crippen molar-refractivity contribution in [1.29, 1.82) is 0 Å². The fourth-order valence-corrected chi connectivity index (χ4v) is 1.62.